The van der Waals surface area contributed by atoms with E-state index < -0.39 is 23.8 Å². The summed E-state index contributed by atoms with van der Waals surface area (Å²) in [6.07, 6.45) is -0.285. The highest BCUT2D eigenvalue weighted by atomic mass is 19.1. The van der Waals surface area contributed by atoms with Crippen molar-refractivity contribution in [3.05, 3.63) is 29.6 Å². The molecule has 1 saturated heterocycles. The number of rotatable bonds is 5. The molecule has 0 aromatic heterocycles. The van der Waals surface area contributed by atoms with Crippen LogP contribution in [0.4, 0.5) is 4.39 Å². The molecule has 1 aliphatic rings. The number of benzene rings is 1. The van der Waals surface area contributed by atoms with Crippen LogP contribution in [0.3, 0.4) is 0 Å². The lowest BCUT2D eigenvalue weighted by Crippen LogP contribution is -2.33. The molecule has 1 fully saturated rings. The van der Waals surface area contributed by atoms with Crippen LogP contribution in [0.1, 0.15) is 23.2 Å². The summed E-state index contributed by atoms with van der Waals surface area (Å²) in [5, 5.41) is 11.4. The van der Waals surface area contributed by atoms with E-state index >= 15 is 0 Å². The van der Waals surface area contributed by atoms with E-state index in [2.05, 4.69) is 5.32 Å². The number of carbonyl (C=O) groups excluding carboxylic acids is 1. The lowest BCUT2D eigenvalue weighted by atomic mass is 10.1. The van der Waals surface area contributed by atoms with Crippen molar-refractivity contribution in [3.8, 4) is 5.75 Å². The smallest absolute Gasteiger partial charge is 0.332 e. The Balaban J connectivity index is 1.96. The van der Waals surface area contributed by atoms with Crippen LogP contribution in [0.15, 0.2) is 18.2 Å². The van der Waals surface area contributed by atoms with Gasteiger partial charge in [0.05, 0.1) is 13.2 Å². The molecular weight excluding hydrogens is 281 g/mol. The van der Waals surface area contributed by atoms with E-state index in [9.17, 15) is 14.0 Å². The van der Waals surface area contributed by atoms with Gasteiger partial charge in [-0.15, -0.1) is 0 Å². The molecule has 1 amide bonds. The van der Waals surface area contributed by atoms with Gasteiger partial charge in [-0.05, 0) is 25.0 Å². The minimum absolute atomic E-state index is 0.125. The molecule has 0 radical (unpaired) electrons. The van der Waals surface area contributed by atoms with E-state index in [4.69, 9.17) is 14.6 Å². The van der Waals surface area contributed by atoms with Crippen LogP contribution in [0.25, 0.3) is 0 Å². The van der Waals surface area contributed by atoms with Gasteiger partial charge in [0.1, 0.15) is 17.1 Å². The molecule has 2 atom stereocenters. The van der Waals surface area contributed by atoms with Crippen molar-refractivity contribution in [2.45, 2.75) is 25.0 Å². The van der Waals surface area contributed by atoms with Crippen molar-refractivity contribution in [1.29, 1.82) is 0 Å². The number of hydrogen-bond acceptors (Lipinski definition) is 4. The second-order valence-electron chi connectivity index (χ2n) is 4.69. The van der Waals surface area contributed by atoms with E-state index in [-0.39, 0.29) is 24.0 Å². The fraction of sp³-hybridized carbons (Fsp3) is 0.429. The monoisotopic (exact) mass is 297 g/mol. The minimum Gasteiger partial charge on any atom is -0.496 e. The van der Waals surface area contributed by atoms with Crippen LogP contribution in [0.2, 0.25) is 0 Å². The summed E-state index contributed by atoms with van der Waals surface area (Å²) < 4.78 is 23.9. The third-order valence-electron chi connectivity index (χ3n) is 3.30. The quantitative estimate of drug-likeness (QED) is 0.853. The average molecular weight is 297 g/mol. The molecule has 2 rings (SSSR count). The number of halogens is 1. The van der Waals surface area contributed by atoms with Crippen molar-refractivity contribution < 1.29 is 28.6 Å². The Morgan fingerprint density at radius 1 is 1.48 bits per heavy atom. The molecule has 2 unspecified atom stereocenters. The third-order valence-corrected chi connectivity index (χ3v) is 3.30. The molecule has 21 heavy (non-hydrogen) atoms. The molecule has 1 aromatic rings. The number of carboxylic acids is 1. The van der Waals surface area contributed by atoms with Crippen molar-refractivity contribution >= 4 is 11.9 Å². The molecule has 1 aliphatic heterocycles. The molecule has 0 spiro atoms. The van der Waals surface area contributed by atoms with E-state index in [1.54, 1.807) is 0 Å². The molecule has 0 aliphatic carbocycles. The second-order valence-corrected chi connectivity index (χ2v) is 4.69. The summed E-state index contributed by atoms with van der Waals surface area (Å²) in [6.45, 7) is 0.125. The standard InChI is InChI=1S/C14H16FNO5/c1-20-10-4-2-3-9(15)12(10)13(17)16-7-8-5-6-11(21-8)14(18)19/h2-4,8,11H,5-7H2,1H3,(H,16,17)(H,18,19). The fourth-order valence-corrected chi connectivity index (χ4v) is 2.23. The molecule has 7 heteroatoms. The summed E-state index contributed by atoms with van der Waals surface area (Å²) in [6, 6.07) is 4.11. The lowest BCUT2D eigenvalue weighted by molar-refractivity contribution is -0.149. The number of carboxylic acid groups (broad SMARTS) is 1. The van der Waals surface area contributed by atoms with Crippen LogP contribution in [-0.4, -0.2) is 42.8 Å². The van der Waals surface area contributed by atoms with Gasteiger partial charge in [-0.25, -0.2) is 9.18 Å². The first kappa shape index (κ1) is 15.2. The summed E-state index contributed by atoms with van der Waals surface area (Å²) in [4.78, 5) is 22.8. The van der Waals surface area contributed by atoms with Gasteiger partial charge in [0.25, 0.3) is 5.91 Å². The highest BCUT2D eigenvalue weighted by Gasteiger charge is 2.30. The van der Waals surface area contributed by atoms with Gasteiger partial charge in [0.2, 0.25) is 0 Å². The van der Waals surface area contributed by atoms with Gasteiger partial charge in [-0.2, -0.15) is 0 Å². The van der Waals surface area contributed by atoms with Crippen LogP contribution in [-0.2, 0) is 9.53 Å². The van der Waals surface area contributed by atoms with Crippen LogP contribution < -0.4 is 10.1 Å². The number of carbonyl (C=O) groups is 2. The van der Waals surface area contributed by atoms with Crippen LogP contribution >= 0.6 is 0 Å². The molecule has 6 nitrogen and oxygen atoms in total. The molecular formula is C14H16FNO5. The molecule has 2 N–H and O–H groups in total. The molecule has 114 valence electrons. The maximum absolute atomic E-state index is 13.7. The van der Waals surface area contributed by atoms with Crippen LogP contribution in [0, 0.1) is 5.82 Å². The van der Waals surface area contributed by atoms with Crippen molar-refractivity contribution in [2.75, 3.05) is 13.7 Å². The Kier molecular flexibility index (Phi) is 4.74. The zero-order valence-corrected chi connectivity index (χ0v) is 11.5. The number of amides is 1. The van der Waals surface area contributed by atoms with E-state index in [0.717, 1.165) is 0 Å². The third kappa shape index (κ3) is 3.49. The Morgan fingerprint density at radius 3 is 2.86 bits per heavy atom. The molecule has 0 saturated carbocycles. The number of ether oxygens (including phenoxy) is 2. The Labute approximate surface area is 120 Å². The SMILES string of the molecule is COc1cccc(F)c1C(=O)NCC1CCC(C(=O)O)O1. The zero-order chi connectivity index (χ0) is 15.4. The topological polar surface area (TPSA) is 84.9 Å². The largest absolute Gasteiger partial charge is 0.496 e. The van der Waals surface area contributed by atoms with E-state index in [0.29, 0.717) is 12.8 Å². The Morgan fingerprint density at radius 2 is 2.24 bits per heavy atom. The maximum atomic E-state index is 13.7. The lowest BCUT2D eigenvalue weighted by Gasteiger charge is -2.14. The first-order valence-corrected chi connectivity index (χ1v) is 6.52. The predicted molar refractivity (Wildman–Crippen MR) is 70.8 cm³/mol. The van der Waals surface area contributed by atoms with E-state index in [1.165, 1.54) is 25.3 Å². The molecule has 1 aromatic carbocycles. The summed E-state index contributed by atoms with van der Waals surface area (Å²) >= 11 is 0. The summed E-state index contributed by atoms with van der Waals surface area (Å²) in [5.41, 5.74) is -0.173. The van der Waals surface area contributed by atoms with Crippen LogP contribution in [0.5, 0.6) is 5.75 Å². The Bertz CT molecular complexity index is 548. The molecule has 1 heterocycles. The van der Waals surface area contributed by atoms with Crippen molar-refractivity contribution in [3.63, 3.8) is 0 Å². The van der Waals surface area contributed by atoms with Gasteiger partial charge < -0.3 is 19.9 Å². The fourth-order valence-electron chi connectivity index (χ4n) is 2.23. The summed E-state index contributed by atoms with van der Waals surface area (Å²) in [5.74, 6) is -2.17. The van der Waals surface area contributed by atoms with Gasteiger partial charge in [0.15, 0.2) is 6.10 Å². The van der Waals surface area contributed by atoms with Gasteiger partial charge in [0, 0.05) is 6.54 Å². The number of methoxy groups -OCH3 is 1. The predicted octanol–water partition coefficient (Wildman–Crippen LogP) is 1.20. The Hall–Kier alpha value is -2.15. The van der Waals surface area contributed by atoms with Crippen molar-refractivity contribution in [1.82, 2.24) is 5.32 Å². The highest BCUT2D eigenvalue weighted by molar-refractivity contribution is 5.97. The van der Waals surface area contributed by atoms with E-state index in [1.807, 2.05) is 0 Å². The summed E-state index contributed by atoms with van der Waals surface area (Å²) in [7, 11) is 1.35. The number of aliphatic carboxylic acids is 1. The number of hydrogen-bond donors (Lipinski definition) is 2. The van der Waals surface area contributed by atoms with Gasteiger partial charge in [-0.1, -0.05) is 6.07 Å². The highest BCUT2D eigenvalue weighted by Crippen LogP contribution is 2.22. The average Bonchev–Trinajstić information content (AvgIpc) is 2.93. The maximum Gasteiger partial charge on any atom is 0.332 e. The zero-order valence-electron chi connectivity index (χ0n) is 11.5. The van der Waals surface area contributed by atoms with Gasteiger partial charge >= 0.3 is 5.97 Å². The number of nitrogens with one attached hydrogen (secondary N) is 1. The minimum atomic E-state index is -1.01. The molecule has 0 bridgehead atoms. The van der Waals surface area contributed by atoms with Gasteiger partial charge in [-0.3, -0.25) is 4.79 Å². The second kappa shape index (κ2) is 6.53. The first-order valence-electron chi connectivity index (χ1n) is 6.52. The normalized spacial score (nSPS) is 21.0. The van der Waals surface area contributed by atoms with Crippen molar-refractivity contribution in [2.24, 2.45) is 0 Å². The first-order chi connectivity index (χ1) is 10.0.